The van der Waals surface area contributed by atoms with Crippen LogP contribution in [0, 0.1) is 0 Å². The van der Waals surface area contributed by atoms with Gasteiger partial charge in [-0.25, -0.2) is 0 Å². The Labute approximate surface area is 125 Å². The summed E-state index contributed by atoms with van der Waals surface area (Å²) in [6.45, 7) is 6.66. The van der Waals surface area contributed by atoms with E-state index in [0.29, 0.717) is 6.04 Å². The van der Waals surface area contributed by atoms with Gasteiger partial charge in [0.25, 0.3) is 0 Å². The maximum absolute atomic E-state index is 6.43. The van der Waals surface area contributed by atoms with Gasteiger partial charge in [0.1, 0.15) is 0 Å². The van der Waals surface area contributed by atoms with Crippen LogP contribution >= 0.6 is 11.6 Å². The predicted molar refractivity (Wildman–Crippen MR) is 85.3 cm³/mol. The van der Waals surface area contributed by atoms with Crippen LogP contribution in [0.25, 0.3) is 10.9 Å². The number of rotatable bonds is 5. The predicted octanol–water partition coefficient (Wildman–Crippen LogP) is 3.40. The number of hydrogen-bond acceptors (Lipinski definition) is 2. The van der Waals surface area contributed by atoms with E-state index in [2.05, 4.69) is 34.3 Å². The molecule has 1 fully saturated rings. The Kier molecular flexibility index (Phi) is 4.29. The van der Waals surface area contributed by atoms with Crippen molar-refractivity contribution in [2.45, 2.75) is 32.4 Å². The number of H-pyrrole nitrogens is 1. The molecule has 0 saturated carbocycles. The zero-order valence-electron chi connectivity index (χ0n) is 12.0. The van der Waals surface area contributed by atoms with Crippen LogP contribution in [0.4, 0.5) is 0 Å². The average molecular weight is 292 g/mol. The minimum atomic E-state index is 0.482. The molecule has 1 aliphatic heterocycles. The van der Waals surface area contributed by atoms with Gasteiger partial charge in [-0.1, -0.05) is 29.8 Å². The molecule has 2 N–H and O–H groups in total. The Morgan fingerprint density at radius 2 is 2.05 bits per heavy atom. The standard InChI is InChI=1S/C16H22ClN3/c1-12(11-20-8-4-5-9-20)18-10-15-16(17)13-6-2-3-7-14(13)19-15/h2-3,6-7,12,18-19H,4-5,8-11H2,1H3. The molecule has 1 unspecified atom stereocenters. The zero-order valence-corrected chi connectivity index (χ0v) is 12.7. The van der Waals surface area contributed by atoms with Gasteiger partial charge in [0.2, 0.25) is 0 Å². The summed E-state index contributed by atoms with van der Waals surface area (Å²) >= 11 is 6.43. The van der Waals surface area contributed by atoms with Crippen molar-refractivity contribution in [3.63, 3.8) is 0 Å². The molecule has 1 atom stereocenters. The number of likely N-dealkylation sites (tertiary alicyclic amines) is 1. The van der Waals surface area contributed by atoms with E-state index in [1.807, 2.05) is 12.1 Å². The third-order valence-corrected chi connectivity index (χ3v) is 4.50. The van der Waals surface area contributed by atoms with Crippen molar-refractivity contribution in [3.8, 4) is 0 Å². The fourth-order valence-corrected chi connectivity index (χ4v) is 3.26. The molecular formula is C16H22ClN3. The van der Waals surface area contributed by atoms with Crippen LogP contribution in [-0.4, -0.2) is 35.6 Å². The molecule has 0 radical (unpaired) electrons. The Bertz CT molecular complexity index is 572. The van der Waals surface area contributed by atoms with E-state index in [-0.39, 0.29) is 0 Å². The highest BCUT2D eigenvalue weighted by Gasteiger charge is 2.15. The lowest BCUT2D eigenvalue weighted by molar-refractivity contribution is 0.298. The van der Waals surface area contributed by atoms with Crippen LogP contribution in [0.2, 0.25) is 5.02 Å². The van der Waals surface area contributed by atoms with E-state index in [9.17, 15) is 0 Å². The molecule has 20 heavy (non-hydrogen) atoms. The maximum Gasteiger partial charge on any atom is 0.0705 e. The molecule has 0 bridgehead atoms. The van der Waals surface area contributed by atoms with E-state index < -0.39 is 0 Å². The average Bonchev–Trinajstić information content (AvgIpc) is 3.06. The number of aromatic amines is 1. The van der Waals surface area contributed by atoms with Crippen molar-refractivity contribution in [3.05, 3.63) is 35.0 Å². The van der Waals surface area contributed by atoms with E-state index in [0.717, 1.165) is 34.7 Å². The van der Waals surface area contributed by atoms with E-state index in [1.165, 1.54) is 25.9 Å². The van der Waals surface area contributed by atoms with Gasteiger partial charge in [-0.05, 0) is 38.9 Å². The van der Waals surface area contributed by atoms with Gasteiger partial charge in [-0.2, -0.15) is 0 Å². The molecule has 0 aliphatic carbocycles. The lowest BCUT2D eigenvalue weighted by Crippen LogP contribution is -2.37. The summed E-state index contributed by atoms with van der Waals surface area (Å²) in [6, 6.07) is 8.66. The highest BCUT2D eigenvalue weighted by atomic mass is 35.5. The molecule has 0 spiro atoms. The first-order valence-corrected chi connectivity index (χ1v) is 7.82. The second-order valence-electron chi connectivity index (χ2n) is 5.75. The number of aromatic nitrogens is 1. The first kappa shape index (κ1) is 13.9. The lowest BCUT2D eigenvalue weighted by Gasteiger charge is -2.21. The second-order valence-corrected chi connectivity index (χ2v) is 6.13. The number of benzene rings is 1. The van der Waals surface area contributed by atoms with Crippen LogP contribution in [0.5, 0.6) is 0 Å². The zero-order chi connectivity index (χ0) is 13.9. The van der Waals surface area contributed by atoms with Crippen molar-refractivity contribution >= 4 is 22.5 Å². The Morgan fingerprint density at radius 3 is 2.80 bits per heavy atom. The third-order valence-electron chi connectivity index (χ3n) is 4.07. The molecule has 3 nitrogen and oxygen atoms in total. The van der Waals surface area contributed by atoms with Crippen LogP contribution in [0.1, 0.15) is 25.5 Å². The molecule has 1 saturated heterocycles. The Hall–Kier alpha value is -1.03. The third kappa shape index (κ3) is 3.00. The van der Waals surface area contributed by atoms with Crippen LogP contribution in [0.3, 0.4) is 0 Å². The SMILES string of the molecule is CC(CN1CCCC1)NCc1[nH]c2ccccc2c1Cl. The van der Waals surface area contributed by atoms with Gasteiger partial charge in [0.15, 0.2) is 0 Å². The van der Waals surface area contributed by atoms with Gasteiger partial charge in [0, 0.05) is 35.7 Å². The normalized spacial score (nSPS) is 17.9. The molecule has 4 heteroatoms. The molecule has 2 aromatic rings. The van der Waals surface area contributed by atoms with Crippen molar-refractivity contribution in [1.29, 1.82) is 0 Å². The van der Waals surface area contributed by atoms with Gasteiger partial charge >= 0.3 is 0 Å². The summed E-state index contributed by atoms with van der Waals surface area (Å²) in [6.07, 6.45) is 2.70. The van der Waals surface area contributed by atoms with Gasteiger partial charge in [-0.3, -0.25) is 0 Å². The maximum atomic E-state index is 6.43. The van der Waals surface area contributed by atoms with E-state index in [4.69, 9.17) is 11.6 Å². The van der Waals surface area contributed by atoms with Crippen LogP contribution in [-0.2, 0) is 6.54 Å². The molecule has 3 rings (SSSR count). The summed E-state index contributed by atoms with van der Waals surface area (Å²) in [5, 5.41) is 5.53. The highest BCUT2D eigenvalue weighted by Crippen LogP contribution is 2.27. The Balaban J connectivity index is 1.60. The van der Waals surface area contributed by atoms with Crippen molar-refractivity contribution in [2.24, 2.45) is 0 Å². The highest BCUT2D eigenvalue weighted by molar-refractivity contribution is 6.36. The number of para-hydroxylation sites is 1. The molecule has 108 valence electrons. The second kappa shape index (κ2) is 6.17. The topological polar surface area (TPSA) is 31.1 Å². The minimum Gasteiger partial charge on any atom is -0.356 e. The molecule has 1 aliphatic rings. The molecular weight excluding hydrogens is 270 g/mol. The lowest BCUT2D eigenvalue weighted by atomic mass is 10.2. The van der Waals surface area contributed by atoms with E-state index in [1.54, 1.807) is 0 Å². The number of fused-ring (bicyclic) bond motifs is 1. The number of nitrogens with one attached hydrogen (secondary N) is 2. The van der Waals surface area contributed by atoms with Gasteiger partial charge < -0.3 is 15.2 Å². The van der Waals surface area contributed by atoms with Crippen molar-refractivity contribution in [1.82, 2.24) is 15.2 Å². The van der Waals surface area contributed by atoms with Gasteiger partial charge in [0.05, 0.1) is 5.02 Å². The fourth-order valence-electron chi connectivity index (χ4n) is 2.98. The fraction of sp³-hybridized carbons (Fsp3) is 0.500. The molecule has 1 aromatic carbocycles. The van der Waals surface area contributed by atoms with Crippen molar-refractivity contribution in [2.75, 3.05) is 19.6 Å². The smallest absolute Gasteiger partial charge is 0.0705 e. The molecule has 2 heterocycles. The van der Waals surface area contributed by atoms with Gasteiger partial charge in [-0.15, -0.1) is 0 Å². The first-order chi connectivity index (χ1) is 9.74. The van der Waals surface area contributed by atoms with Crippen molar-refractivity contribution < 1.29 is 0 Å². The first-order valence-electron chi connectivity index (χ1n) is 7.45. The minimum absolute atomic E-state index is 0.482. The van der Waals surface area contributed by atoms with Crippen LogP contribution < -0.4 is 5.32 Å². The number of hydrogen-bond donors (Lipinski definition) is 2. The summed E-state index contributed by atoms with van der Waals surface area (Å²) in [7, 11) is 0. The van der Waals surface area contributed by atoms with Crippen LogP contribution in [0.15, 0.2) is 24.3 Å². The monoisotopic (exact) mass is 291 g/mol. The summed E-state index contributed by atoms with van der Waals surface area (Å²) < 4.78 is 0. The molecule has 1 aromatic heterocycles. The van der Waals surface area contributed by atoms with E-state index >= 15 is 0 Å². The summed E-state index contributed by atoms with van der Waals surface area (Å²) in [4.78, 5) is 5.94. The number of halogens is 1. The Morgan fingerprint density at radius 1 is 1.30 bits per heavy atom. The summed E-state index contributed by atoms with van der Waals surface area (Å²) in [5.74, 6) is 0. The summed E-state index contributed by atoms with van der Waals surface area (Å²) in [5.41, 5.74) is 2.20. The largest absolute Gasteiger partial charge is 0.356 e. The number of nitrogens with zero attached hydrogens (tertiary/aromatic N) is 1. The molecule has 0 amide bonds. The quantitative estimate of drug-likeness (QED) is 0.885.